The lowest BCUT2D eigenvalue weighted by atomic mass is 9.68. The van der Waals surface area contributed by atoms with Gasteiger partial charge in [-0.2, -0.15) is 0 Å². The summed E-state index contributed by atoms with van der Waals surface area (Å²) < 4.78 is 0. The number of rotatable bonds is 3. The number of piperidine rings is 1. The molecule has 2 nitrogen and oxygen atoms in total. The van der Waals surface area contributed by atoms with Crippen molar-refractivity contribution in [2.75, 3.05) is 26.2 Å². The Morgan fingerprint density at radius 3 is 2.71 bits per heavy atom. The summed E-state index contributed by atoms with van der Waals surface area (Å²) in [7, 11) is 0. The Hall–Kier alpha value is -0.0800. The molecule has 0 aromatic carbocycles. The Morgan fingerprint density at radius 2 is 2.14 bits per heavy atom. The third kappa shape index (κ3) is 1.49. The number of nitrogens with zero attached hydrogens (tertiary/aromatic N) is 1. The number of nitrogens with two attached hydrogens (primary N) is 1. The number of likely N-dealkylation sites (tertiary alicyclic amines) is 1. The van der Waals surface area contributed by atoms with Crippen LogP contribution in [-0.2, 0) is 0 Å². The minimum atomic E-state index is 0.529. The molecule has 3 aliphatic rings. The first-order valence-electron chi connectivity index (χ1n) is 6.24. The molecule has 80 valence electrons. The van der Waals surface area contributed by atoms with Gasteiger partial charge in [0.2, 0.25) is 0 Å². The van der Waals surface area contributed by atoms with Gasteiger partial charge >= 0.3 is 0 Å². The molecular formula is C12H22N2. The largest absolute Gasteiger partial charge is 0.330 e. The van der Waals surface area contributed by atoms with Gasteiger partial charge in [0.25, 0.3) is 0 Å². The van der Waals surface area contributed by atoms with Gasteiger partial charge < -0.3 is 10.6 Å². The van der Waals surface area contributed by atoms with Crippen LogP contribution in [0, 0.1) is 17.3 Å². The maximum atomic E-state index is 5.90. The van der Waals surface area contributed by atoms with E-state index in [1.165, 1.54) is 51.7 Å². The summed E-state index contributed by atoms with van der Waals surface area (Å²) in [6.45, 7) is 4.94. The van der Waals surface area contributed by atoms with Gasteiger partial charge in [-0.25, -0.2) is 0 Å². The van der Waals surface area contributed by atoms with E-state index in [4.69, 9.17) is 5.73 Å². The molecule has 1 aliphatic heterocycles. The van der Waals surface area contributed by atoms with Gasteiger partial charge in [0.05, 0.1) is 0 Å². The monoisotopic (exact) mass is 194 g/mol. The van der Waals surface area contributed by atoms with Crippen LogP contribution < -0.4 is 5.73 Å². The van der Waals surface area contributed by atoms with Gasteiger partial charge in [0.15, 0.2) is 0 Å². The van der Waals surface area contributed by atoms with E-state index in [-0.39, 0.29) is 0 Å². The molecular weight excluding hydrogens is 172 g/mol. The molecule has 2 atom stereocenters. The van der Waals surface area contributed by atoms with Crippen LogP contribution in [0.2, 0.25) is 0 Å². The fourth-order valence-electron chi connectivity index (χ4n) is 3.38. The van der Waals surface area contributed by atoms with E-state index >= 15 is 0 Å². The van der Waals surface area contributed by atoms with Crippen molar-refractivity contribution in [3.63, 3.8) is 0 Å². The van der Waals surface area contributed by atoms with Crippen molar-refractivity contribution < 1.29 is 0 Å². The number of hydrogen-bond acceptors (Lipinski definition) is 2. The summed E-state index contributed by atoms with van der Waals surface area (Å²) in [4.78, 5) is 2.69. The van der Waals surface area contributed by atoms with E-state index in [0.29, 0.717) is 5.41 Å². The van der Waals surface area contributed by atoms with Gasteiger partial charge in [-0.05, 0) is 56.0 Å². The predicted molar refractivity (Wildman–Crippen MR) is 58.0 cm³/mol. The molecule has 0 bridgehead atoms. The van der Waals surface area contributed by atoms with Crippen molar-refractivity contribution in [2.24, 2.45) is 23.0 Å². The van der Waals surface area contributed by atoms with Crippen LogP contribution in [0.5, 0.6) is 0 Å². The van der Waals surface area contributed by atoms with Gasteiger partial charge in [0, 0.05) is 13.1 Å². The van der Waals surface area contributed by atoms with Gasteiger partial charge in [-0.15, -0.1) is 0 Å². The fourth-order valence-corrected chi connectivity index (χ4v) is 3.38. The van der Waals surface area contributed by atoms with Gasteiger partial charge in [0.1, 0.15) is 0 Å². The van der Waals surface area contributed by atoms with Crippen molar-refractivity contribution in [3.8, 4) is 0 Å². The van der Waals surface area contributed by atoms with E-state index < -0.39 is 0 Å². The molecule has 0 spiro atoms. The second-order valence-electron chi connectivity index (χ2n) is 5.84. The lowest BCUT2D eigenvalue weighted by Crippen LogP contribution is -2.48. The summed E-state index contributed by atoms with van der Waals surface area (Å²) in [6, 6.07) is 0. The maximum Gasteiger partial charge on any atom is 0.00502 e. The van der Waals surface area contributed by atoms with Crippen LogP contribution in [0.4, 0.5) is 0 Å². The van der Waals surface area contributed by atoms with Gasteiger partial charge in [-0.3, -0.25) is 0 Å². The molecule has 3 rings (SSSR count). The van der Waals surface area contributed by atoms with Crippen molar-refractivity contribution in [1.29, 1.82) is 0 Å². The normalized spacial score (nSPS) is 40.1. The average Bonchev–Trinajstić information content (AvgIpc) is 2.89. The van der Waals surface area contributed by atoms with Crippen LogP contribution in [-0.4, -0.2) is 31.1 Å². The van der Waals surface area contributed by atoms with E-state index in [1.54, 1.807) is 0 Å². The standard InChI is InChI=1S/C12H22N2/c13-8-12(3-1-4-12)9-14-5-2-10-6-11(10)7-14/h10-11H,1-9,13H2. The molecule has 2 heteroatoms. The topological polar surface area (TPSA) is 29.3 Å². The lowest BCUT2D eigenvalue weighted by Gasteiger charge is -2.45. The Labute approximate surface area is 86.8 Å². The zero-order valence-electron chi connectivity index (χ0n) is 9.04. The SMILES string of the molecule is NCC1(CN2CCC3CC3C2)CCC1. The van der Waals surface area contributed by atoms with Crippen molar-refractivity contribution in [3.05, 3.63) is 0 Å². The van der Waals surface area contributed by atoms with E-state index in [9.17, 15) is 0 Å². The van der Waals surface area contributed by atoms with Crippen LogP contribution >= 0.6 is 0 Å². The van der Waals surface area contributed by atoms with E-state index in [2.05, 4.69) is 4.90 Å². The first-order chi connectivity index (χ1) is 6.81. The van der Waals surface area contributed by atoms with E-state index in [0.717, 1.165) is 18.4 Å². The molecule has 1 heterocycles. The van der Waals surface area contributed by atoms with Crippen LogP contribution in [0.3, 0.4) is 0 Å². The zero-order valence-corrected chi connectivity index (χ0v) is 9.04. The van der Waals surface area contributed by atoms with Crippen molar-refractivity contribution in [2.45, 2.75) is 32.1 Å². The second-order valence-corrected chi connectivity index (χ2v) is 5.84. The van der Waals surface area contributed by atoms with Gasteiger partial charge in [-0.1, -0.05) is 6.42 Å². The third-order valence-corrected chi connectivity index (χ3v) is 4.78. The molecule has 1 saturated heterocycles. The first kappa shape index (κ1) is 9.17. The quantitative estimate of drug-likeness (QED) is 0.737. The van der Waals surface area contributed by atoms with Crippen molar-refractivity contribution in [1.82, 2.24) is 4.90 Å². The first-order valence-corrected chi connectivity index (χ1v) is 6.24. The highest BCUT2D eigenvalue weighted by atomic mass is 15.2. The molecule has 2 aliphatic carbocycles. The molecule has 2 unspecified atom stereocenters. The minimum absolute atomic E-state index is 0.529. The zero-order chi connectivity index (χ0) is 9.60. The molecule has 0 aromatic heterocycles. The molecule has 3 fully saturated rings. The Balaban J connectivity index is 1.55. The van der Waals surface area contributed by atoms with Crippen LogP contribution in [0.15, 0.2) is 0 Å². The highest BCUT2D eigenvalue weighted by molar-refractivity contribution is 4.97. The lowest BCUT2D eigenvalue weighted by molar-refractivity contribution is 0.0626. The molecule has 2 saturated carbocycles. The smallest absolute Gasteiger partial charge is 0.00502 e. The number of hydrogen-bond donors (Lipinski definition) is 1. The average molecular weight is 194 g/mol. The molecule has 2 N–H and O–H groups in total. The second kappa shape index (κ2) is 3.21. The van der Waals surface area contributed by atoms with Crippen LogP contribution in [0.1, 0.15) is 32.1 Å². The molecule has 0 radical (unpaired) electrons. The Morgan fingerprint density at radius 1 is 1.29 bits per heavy atom. The number of fused-ring (bicyclic) bond motifs is 1. The summed E-state index contributed by atoms with van der Waals surface area (Å²) in [5.74, 6) is 2.18. The summed E-state index contributed by atoms with van der Waals surface area (Å²) in [5, 5.41) is 0. The van der Waals surface area contributed by atoms with E-state index in [1.807, 2.05) is 0 Å². The highest BCUT2D eigenvalue weighted by Gasteiger charge is 2.44. The molecule has 14 heavy (non-hydrogen) atoms. The third-order valence-electron chi connectivity index (χ3n) is 4.78. The fraction of sp³-hybridized carbons (Fsp3) is 1.00. The highest BCUT2D eigenvalue weighted by Crippen LogP contribution is 2.47. The Bertz CT molecular complexity index is 217. The minimum Gasteiger partial charge on any atom is -0.330 e. The maximum absolute atomic E-state index is 5.90. The molecule has 0 aromatic rings. The Kier molecular flexibility index (Phi) is 2.10. The molecule has 0 amide bonds. The van der Waals surface area contributed by atoms with Crippen LogP contribution in [0.25, 0.3) is 0 Å². The predicted octanol–water partition coefficient (Wildman–Crippen LogP) is 1.46. The van der Waals surface area contributed by atoms with Crippen molar-refractivity contribution >= 4 is 0 Å². The summed E-state index contributed by atoms with van der Waals surface area (Å²) >= 11 is 0. The summed E-state index contributed by atoms with van der Waals surface area (Å²) in [6.07, 6.45) is 7.16. The summed E-state index contributed by atoms with van der Waals surface area (Å²) in [5.41, 5.74) is 6.43.